The summed E-state index contributed by atoms with van der Waals surface area (Å²) in [5.74, 6) is -1.26. The lowest BCUT2D eigenvalue weighted by Crippen LogP contribution is -2.34. The number of hydrogen-bond acceptors (Lipinski definition) is 3. The van der Waals surface area contributed by atoms with E-state index in [1.54, 1.807) is 47.0 Å². The van der Waals surface area contributed by atoms with Gasteiger partial charge in [-0.15, -0.1) is 0 Å². The molecule has 2 N–H and O–H groups in total. The Kier molecular flexibility index (Phi) is 4.68. The number of carboxylic acids is 1. The minimum atomic E-state index is -1.26. The Bertz CT molecular complexity index is 1630. The van der Waals surface area contributed by atoms with E-state index in [2.05, 4.69) is 4.98 Å². The van der Waals surface area contributed by atoms with Gasteiger partial charge < -0.3 is 14.7 Å². The SMILES string of the molecule is O=C(O)c1c(-n2c(=O)[nH]c3ccccc3c2=O)c2cc(Cl)ccc2n1Cc1ccccc1. The number of aromatic carboxylic acids is 1. The summed E-state index contributed by atoms with van der Waals surface area (Å²) in [5, 5.41) is 11.2. The summed E-state index contributed by atoms with van der Waals surface area (Å²) in [6.07, 6.45) is 0. The van der Waals surface area contributed by atoms with Crippen LogP contribution in [-0.2, 0) is 6.54 Å². The van der Waals surface area contributed by atoms with Gasteiger partial charge in [-0.05, 0) is 35.9 Å². The fraction of sp³-hybridized carbons (Fsp3) is 0.0417. The van der Waals surface area contributed by atoms with Crippen molar-refractivity contribution in [2.75, 3.05) is 0 Å². The van der Waals surface area contributed by atoms with E-state index in [0.717, 1.165) is 10.1 Å². The Morgan fingerprint density at radius 3 is 2.41 bits per heavy atom. The smallest absolute Gasteiger partial charge is 0.354 e. The predicted octanol–water partition coefficient (Wildman–Crippen LogP) is 4.03. The summed E-state index contributed by atoms with van der Waals surface area (Å²) in [7, 11) is 0. The normalized spacial score (nSPS) is 11.3. The first kappa shape index (κ1) is 19.8. The van der Waals surface area contributed by atoms with Crippen molar-refractivity contribution in [1.29, 1.82) is 0 Å². The number of para-hydroxylation sites is 1. The molecule has 5 rings (SSSR count). The third kappa shape index (κ3) is 3.11. The summed E-state index contributed by atoms with van der Waals surface area (Å²) >= 11 is 6.22. The molecule has 0 unspecified atom stereocenters. The zero-order valence-electron chi connectivity index (χ0n) is 16.6. The molecule has 0 fully saturated rings. The summed E-state index contributed by atoms with van der Waals surface area (Å²) < 4.78 is 2.46. The van der Waals surface area contributed by atoms with Crippen LogP contribution in [0.15, 0.2) is 82.4 Å². The average molecular weight is 446 g/mol. The molecule has 7 nitrogen and oxygen atoms in total. The van der Waals surface area contributed by atoms with Crippen LogP contribution in [0.2, 0.25) is 5.02 Å². The van der Waals surface area contributed by atoms with Gasteiger partial charge in [-0.3, -0.25) is 4.79 Å². The number of rotatable bonds is 4. The van der Waals surface area contributed by atoms with E-state index in [9.17, 15) is 19.5 Å². The van der Waals surface area contributed by atoms with E-state index in [1.807, 2.05) is 30.3 Å². The van der Waals surface area contributed by atoms with Gasteiger partial charge in [-0.2, -0.15) is 0 Å². The molecular formula is C24H16ClN3O4. The maximum Gasteiger partial charge on any atom is 0.354 e. The predicted molar refractivity (Wildman–Crippen MR) is 123 cm³/mol. The molecule has 0 aliphatic heterocycles. The van der Waals surface area contributed by atoms with Gasteiger partial charge >= 0.3 is 11.7 Å². The van der Waals surface area contributed by atoms with Crippen LogP contribution in [0.5, 0.6) is 0 Å². The first-order valence-electron chi connectivity index (χ1n) is 9.79. The molecule has 2 heterocycles. The van der Waals surface area contributed by atoms with Gasteiger partial charge in [0.15, 0.2) is 5.69 Å². The lowest BCUT2D eigenvalue weighted by molar-refractivity contribution is 0.0686. The molecular weight excluding hydrogens is 430 g/mol. The van der Waals surface area contributed by atoms with E-state index in [-0.39, 0.29) is 23.3 Å². The number of carboxylic acid groups (broad SMARTS) is 1. The highest BCUT2D eigenvalue weighted by Gasteiger charge is 2.26. The average Bonchev–Trinajstić information content (AvgIpc) is 3.08. The molecule has 0 saturated heterocycles. The lowest BCUT2D eigenvalue weighted by Gasteiger charge is -2.10. The zero-order valence-corrected chi connectivity index (χ0v) is 17.3. The van der Waals surface area contributed by atoms with Gasteiger partial charge in [0, 0.05) is 17.0 Å². The molecule has 158 valence electrons. The molecule has 0 atom stereocenters. The number of benzene rings is 3. The number of aromatic amines is 1. The maximum absolute atomic E-state index is 13.3. The van der Waals surface area contributed by atoms with Crippen molar-refractivity contribution < 1.29 is 9.90 Å². The third-order valence-electron chi connectivity index (χ3n) is 5.41. The Morgan fingerprint density at radius 1 is 0.938 bits per heavy atom. The fourth-order valence-electron chi connectivity index (χ4n) is 4.05. The molecule has 2 aromatic heterocycles. The summed E-state index contributed by atoms with van der Waals surface area (Å²) in [6, 6.07) is 20.8. The highest BCUT2D eigenvalue weighted by Crippen LogP contribution is 2.31. The number of H-pyrrole nitrogens is 1. The standard InChI is InChI=1S/C24H16ClN3O4/c25-15-10-11-19-17(12-15)20(21(23(30)31)27(19)13-14-6-2-1-3-7-14)28-22(29)16-8-4-5-9-18(16)26-24(28)32/h1-12H,13H2,(H,26,32)(H,30,31). The molecule has 32 heavy (non-hydrogen) atoms. The molecule has 0 bridgehead atoms. The lowest BCUT2D eigenvalue weighted by atomic mass is 10.2. The quantitative estimate of drug-likeness (QED) is 0.436. The number of nitrogens with zero attached hydrogens (tertiary/aromatic N) is 2. The highest BCUT2D eigenvalue weighted by molar-refractivity contribution is 6.31. The monoisotopic (exact) mass is 445 g/mol. The summed E-state index contributed by atoms with van der Waals surface area (Å²) in [4.78, 5) is 41.5. The molecule has 8 heteroatoms. The van der Waals surface area contributed by atoms with Crippen molar-refractivity contribution in [3.05, 3.63) is 110 Å². The van der Waals surface area contributed by atoms with Crippen molar-refractivity contribution in [3.63, 3.8) is 0 Å². The van der Waals surface area contributed by atoms with Gasteiger partial charge in [-0.25, -0.2) is 14.2 Å². The minimum absolute atomic E-state index is 0.0112. The first-order valence-corrected chi connectivity index (χ1v) is 10.2. The van der Waals surface area contributed by atoms with Crippen LogP contribution >= 0.6 is 11.6 Å². The fourth-order valence-corrected chi connectivity index (χ4v) is 4.22. The van der Waals surface area contributed by atoms with Gasteiger partial charge in [0.1, 0.15) is 0 Å². The van der Waals surface area contributed by atoms with Crippen molar-refractivity contribution in [2.45, 2.75) is 6.54 Å². The van der Waals surface area contributed by atoms with Crippen molar-refractivity contribution >= 4 is 39.4 Å². The van der Waals surface area contributed by atoms with Gasteiger partial charge in [-0.1, -0.05) is 54.1 Å². The number of aromatic nitrogens is 3. The molecule has 5 aromatic rings. The third-order valence-corrected chi connectivity index (χ3v) is 5.65. The van der Waals surface area contributed by atoms with Crippen LogP contribution in [0.3, 0.4) is 0 Å². The molecule has 0 amide bonds. The van der Waals surface area contributed by atoms with Crippen LogP contribution in [-0.4, -0.2) is 25.2 Å². The Balaban J connectivity index is 1.93. The molecule has 0 aliphatic carbocycles. The van der Waals surface area contributed by atoms with Gasteiger partial charge in [0.05, 0.1) is 22.1 Å². The number of nitrogens with one attached hydrogen (secondary N) is 1. The van der Waals surface area contributed by atoms with Crippen LogP contribution in [0.1, 0.15) is 16.1 Å². The molecule has 0 aliphatic rings. The van der Waals surface area contributed by atoms with Crippen LogP contribution in [0.4, 0.5) is 0 Å². The van der Waals surface area contributed by atoms with Crippen LogP contribution in [0.25, 0.3) is 27.5 Å². The number of fused-ring (bicyclic) bond motifs is 2. The van der Waals surface area contributed by atoms with E-state index in [1.165, 1.54) is 0 Å². The molecule has 0 saturated carbocycles. The Hall–Kier alpha value is -4.10. The molecule has 3 aromatic carbocycles. The Labute approximate surface area is 185 Å². The largest absolute Gasteiger partial charge is 0.477 e. The van der Waals surface area contributed by atoms with E-state index in [4.69, 9.17) is 11.6 Å². The minimum Gasteiger partial charge on any atom is -0.477 e. The first-order chi connectivity index (χ1) is 15.5. The van der Waals surface area contributed by atoms with Crippen molar-refractivity contribution in [2.24, 2.45) is 0 Å². The second-order valence-electron chi connectivity index (χ2n) is 7.35. The zero-order chi connectivity index (χ0) is 22.4. The van der Waals surface area contributed by atoms with E-state index < -0.39 is 17.2 Å². The Morgan fingerprint density at radius 2 is 1.66 bits per heavy atom. The number of hydrogen-bond donors (Lipinski definition) is 2. The van der Waals surface area contributed by atoms with Crippen molar-refractivity contribution in [1.82, 2.24) is 14.1 Å². The maximum atomic E-state index is 13.3. The van der Waals surface area contributed by atoms with E-state index in [0.29, 0.717) is 21.4 Å². The second-order valence-corrected chi connectivity index (χ2v) is 7.79. The van der Waals surface area contributed by atoms with Crippen LogP contribution < -0.4 is 11.2 Å². The van der Waals surface area contributed by atoms with Crippen LogP contribution in [0, 0.1) is 0 Å². The molecule has 0 radical (unpaired) electrons. The number of carbonyl (C=O) groups is 1. The summed E-state index contributed by atoms with van der Waals surface area (Å²) in [5.41, 5.74) is 0.275. The van der Waals surface area contributed by atoms with E-state index >= 15 is 0 Å². The second kappa shape index (κ2) is 7.55. The molecule has 0 spiro atoms. The van der Waals surface area contributed by atoms with Gasteiger partial charge in [0.25, 0.3) is 5.56 Å². The topological polar surface area (TPSA) is 97.1 Å². The highest BCUT2D eigenvalue weighted by atomic mass is 35.5. The summed E-state index contributed by atoms with van der Waals surface area (Å²) in [6.45, 7) is 0.237. The van der Waals surface area contributed by atoms with Gasteiger partial charge in [0.2, 0.25) is 0 Å². The van der Waals surface area contributed by atoms with Crippen molar-refractivity contribution in [3.8, 4) is 5.69 Å². The number of halogens is 1.